The molecule has 1 heterocycles. The molecule has 1 aliphatic heterocycles. The number of imide groups is 1. The van der Waals surface area contributed by atoms with E-state index in [0.717, 1.165) is 10.2 Å². The monoisotopic (exact) mass is 282 g/mol. The first kappa shape index (κ1) is 11.1. The standard InChI is InChI=1S/C11H11BrN2O2/c1-7-11(16)13-10(15)6-14(7)9-4-2-3-8(12)5-9/h2-5,7H,6H2,1H3,(H,13,15,16). The normalized spacial score (nSPS) is 20.9. The van der Waals surface area contributed by atoms with Gasteiger partial charge in [-0.05, 0) is 25.1 Å². The summed E-state index contributed by atoms with van der Waals surface area (Å²) < 4.78 is 0.927. The van der Waals surface area contributed by atoms with E-state index in [1.165, 1.54) is 0 Å². The van der Waals surface area contributed by atoms with Crippen LogP contribution in [0.5, 0.6) is 0 Å². The van der Waals surface area contributed by atoms with Crippen molar-refractivity contribution in [2.24, 2.45) is 0 Å². The summed E-state index contributed by atoms with van der Waals surface area (Å²) in [6, 6.07) is 7.23. The predicted molar refractivity (Wildman–Crippen MR) is 64.1 cm³/mol. The molecule has 1 fully saturated rings. The largest absolute Gasteiger partial charge is 0.350 e. The Bertz CT molecular complexity index is 447. The Hall–Kier alpha value is -1.36. The summed E-state index contributed by atoms with van der Waals surface area (Å²) in [5.41, 5.74) is 0.866. The highest BCUT2D eigenvalue weighted by Crippen LogP contribution is 2.22. The van der Waals surface area contributed by atoms with Crippen molar-refractivity contribution in [3.05, 3.63) is 28.7 Å². The highest BCUT2D eigenvalue weighted by Gasteiger charge is 2.30. The molecule has 0 aromatic heterocycles. The molecule has 4 nitrogen and oxygen atoms in total. The zero-order valence-corrected chi connectivity index (χ0v) is 10.3. The van der Waals surface area contributed by atoms with E-state index >= 15 is 0 Å². The Kier molecular flexibility index (Phi) is 2.96. The molecule has 0 spiro atoms. The molecule has 1 aliphatic rings. The SMILES string of the molecule is CC1C(=O)NC(=O)CN1c1cccc(Br)c1. The Balaban J connectivity index is 2.32. The number of nitrogens with one attached hydrogen (secondary N) is 1. The van der Waals surface area contributed by atoms with E-state index in [4.69, 9.17) is 0 Å². The van der Waals surface area contributed by atoms with Crippen molar-refractivity contribution in [1.29, 1.82) is 0 Å². The van der Waals surface area contributed by atoms with Gasteiger partial charge in [-0.3, -0.25) is 14.9 Å². The van der Waals surface area contributed by atoms with Crippen LogP contribution in [-0.4, -0.2) is 24.4 Å². The zero-order chi connectivity index (χ0) is 11.7. The minimum absolute atomic E-state index is 0.212. The second kappa shape index (κ2) is 4.25. The Morgan fingerprint density at radius 2 is 2.19 bits per heavy atom. The minimum Gasteiger partial charge on any atom is -0.350 e. The second-order valence-corrected chi connectivity index (χ2v) is 4.61. The van der Waals surface area contributed by atoms with Gasteiger partial charge in [0.1, 0.15) is 6.04 Å². The summed E-state index contributed by atoms with van der Waals surface area (Å²) in [4.78, 5) is 24.6. The molecule has 1 atom stereocenters. The molecule has 16 heavy (non-hydrogen) atoms. The lowest BCUT2D eigenvalue weighted by Gasteiger charge is -2.33. The van der Waals surface area contributed by atoms with Crippen LogP contribution >= 0.6 is 15.9 Å². The van der Waals surface area contributed by atoms with E-state index in [0.29, 0.717) is 0 Å². The summed E-state index contributed by atoms with van der Waals surface area (Å²) >= 11 is 3.37. The van der Waals surface area contributed by atoms with Gasteiger partial charge in [0.05, 0.1) is 6.54 Å². The number of carbonyl (C=O) groups excluding carboxylic acids is 2. The number of amides is 2. The van der Waals surface area contributed by atoms with Crippen molar-refractivity contribution in [2.45, 2.75) is 13.0 Å². The molecule has 2 amide bonds. The molecule has 1 aromatic carbocycles. The maximum absolute atomic E-state index is 11.5. The number of piperazine rings is 1. The first-order chi connectivity index (χ1) is 7.58. The molecule has 84 valence electrons. The lowest BCUT2D eigenvalue weighted by atomic mass is 10.1. The number of carbonyl (C=O) groups is 2. The average Bonchev–Trinajstić information content (AvgIpc) is 2.23. The smallest absolute Gasteiger partial charge is 0.249 e. The molecular formula is C11H11BrN2O2. The van der Waals surface area contributed by atoms with Gasteiger partial charge in [-0.15, -0.1) is 0 Å². The van der Waals surface area contributed by atoms with E-state index in [2.05, 4.69) is 21.2 Å². The molecule has 0 saturated carbocycles. The van der Waals surface area contributed by atoms with Crippen molar-refractivity contribution in [1.82, 2.24) is 5.32 Å². The molecule has 1 unspecified atom stereocenters. The maximum atomic E-state index is 11.5. The molecule has 0 bridgehead atoms. The third kappa shape index (κ3) is 2.09. The quantitative estimate of drug-likeness (QED) is 0.790. The van der Waals surface area contributed by atoms with Gasteiger partial charge in [0.2, 0.25) is 11.8 Å². The molecular weight excluding hydrogens is 272 g/mol. The Morgan fingerprint density at radius 1 is 1.44 bits per heavy atom. The molecule has 2 rings (SSSR count). The maximum Gasteiger partial charge on any atom is 0.249 e. The molecule has 5 heteroatoms. The summed E-state index contributed by atoms with van der Waals surface area (Å²) in [5, 5.41) is 2.31. The highest BCUT2D eigenvalue weighted by atomic mass is 79.9. The van der Waals surface area contributed by atoms with Gasteiger partial charge in [-0.1, -0.05) is 22.0 Å². The fourth-order valence-electron chi connectivity index (χ4n) is 1.68. The van der Waals surface area contributed by atoms with Crippen LogP contribution in [-0.2, 0) is 9.59 Å². The average molecular weight is 283 g/mol. The van der Waals surface area contributed by atoms with Crippen LogP contribution in [0.4, 0.5) is 5.69 Å². The third-order valence-corrected chi connectivity index (χ3v) is 3.06. The first-order valence-electron chi connectivity index (χ1n) is 4.94. The number of nitrogens with zero attached hydrogens (tertiary/aromatic N) is 1. The lowest BCUT2D eigenvalue weighted by Crippen LogP contribution is -2.57. The molecule has 1 N–H and O–H groups in total. The van der Waals surface area contributed by atoms with Gasteiger partial charge in [0.15, 0.2) is 0 Å². The Labute approximate surface area is 102 Å². The van der Waals surface area contributed by atoms with Gasteiger partial charge in [-0.2, -0.15) is 0 Å². The van der Waals surface area contributed by atoms with E-state index in [1.54, 1.807) is 11.8 Å². The van der Waals surface area contributed by atoms with Gasteiger partial charge >= 0.3 is 0 Å². The molecule has 1 aromatic rings. The number of hydrogen-bond donors (Lipinski definition) is 1. The van der Waals surface area contributed by atoms with Gasteiger partial charge < -0.3 is 4.90 Å². The summed E-state index contributed by atoms with van der Waals surface area (Å²) in [6.45, 7) is 1.99. The van der Waals surface area contributed by atoms with Gasteiger partial charge in [0.25, 0.3) is 0 Å². The van der Waals surface area contributed by atoms with Crippen LogP contribution < -0.4 is 10.2 Å². The minimum atomic E-state index is -0.327. The first-order valence-corrected chi connectivity index (χ1v) is 5.73. The van der Waals surface area contributed by atoms with Gasteiger partial charge in [0, 0.05) is 10.2 Å². The van der Waals surface area contributed by atoms with Crippen LogP contribution in [0.3, 0.4) is 0 Å². The topological polar surface area (TPSA) is 49.4 Å². The van der Waals surface area contributed by atoms with Crippen LogP contribution in [0, 0.1) is 0 Å². The Morgan fingerprint density at radius 3 is 2.88 bits per heavy atom. The second-order valence-electron chi connectivity index (χ2n) is 3.70. The molecule has 0 radical (unpaired) electrons. The van der Waals surface area contributed by atoms with E-state index in [9.17, 15) is 9.59 Å². The van der Waals surface area contributed by atoms with Crippen molar-refractivity contribution in [3.63, 3.8) is 0 Å². The van der Waals surface area contributed by atoms with E-state index in [-0.39, 0.29) is 24.4 Å². The van der Waals surface area contributed by atoms with Crippen LogP contribution in [0.1, 0.15) is 6.92 Å². The van der Waals surface area contributed by atoms with Crippen LogP contribution in [0.2, 0.25) is 0 Å². The van der Waals surface area contributed by atoms with Crippen LogP contribution in [0.25, 0.3) is 0 Å². The number of rotatable bonds is 1. The number of benzene rings is 1. The number of halogens is 1. The predicted octanol–water partition coefficient (Wildman–Crippen LogP) is 1.30. The fraction of sp³-hybridized carbons (Fsp3) is 0.273. The van der Waals surface area contributed by atoms with Crippen molar-refractivity contribution >= 4 is 33.4 Å². The van der Waals surface area contributed by atoms with E-state index in [1.807, 2.05) is 24.3 Å². The fourth-order valence-corrected chi connectivity index (χ4v) is 2.07. The van der Waals surface area contributed by atoms with Gasteiger partial charge in [-0.25, -0.2) is 0 Å². The lowest BCUT2D eigenvalue weighted by molar-refractivity contribution is -0.132. The van der Waals surface area contributed by atoms with Crippen molar-refractivity contribution < 1.29 is 9.59 Å². The van der Waals surface area contributed by atoms with Crippen molar-refractivity contribution in [2.75, 3.05) is 11.4 Å². The third-order valence-electron chi connectivity index (χ3n) is 2.56. The van der Waals surface area contributed by atoms with Crippen molar-refractivity contribution in [3.8, 4) is 0 Å². The van der Waals surface area contributed by atoms with Crippen LogP contribution in [0.15, 0.2) is 28.7 Å². The molecule has 0 aliphatic carbocycles. The summed E-state index contributed by atoms with van der Waals surface area (Å²) in [5.74, 6) is -0.515. The zero-order valence-electron chi connectivity index (χ0n) is 8.74. The summed E-state index contributed by atoms with van der Waals surface area (Å²) in [7, 11) is 0. The molecule has 1 saturated heterocycles. The van der Waals surface area contributed by atoms with E-state index < -0.39 is 0 Å². The highest BCUT2D eigenvalue weighted by molar-refractivity contribution is 9.10. The number of anilines is 1. The summed E-state index contributed by atoms with van der Waals surface area (Å²) in [6.07, 6.45) is 0. The number of hydrogen-bond acceptors (Lipinski definition) is 3.